The molecule has 0 bridgehead atoms. The molecule has 4 heteroatoms. The topological polar surface area (TPSA) is 34.2 Å². The predicted molar refractivity (Wildman–Crippen MR) is 67.5 cm³/mol. The van der Waals surface area contributed by atoms with Gasteiger partial charge in [0.15, 0.2) is 0 Å². The van der Waals surface area contributed by atoms with Crippen LogP contribution in [0.15, 0.2) is 42.7 Å². The number of benzene rings is 1. The number of halogens is 1. The predicted octanol–water partition coefficient (Wildman–Crippen LogP) is 3.28. The Kier molecular flexibility index (Phi) is 2.61. The van der Waals surface area contributed by atoms with Crippen LogP contribution in [0, 0.1) is 0 Å². The van der Waals surface area contributed by atoms with Crippen molar-refractivity contribution in [1.82, 2.24) is 4.98 Å². The summed E-state index contributed by atoms with van der Waals surface area (Å²) in [5, 5.41) is 4.12. The van der Waals surface area contributed by atoms with E-state index < -0.39 is 0 Å². The number of rotatable bonds is 1. The summed E-state index contributed by atoms with van der Waals surface area (Å²) >= 11 is 5.96. The Morgan fingerprint density at radius 1 is 1.24 bits per heavy atom. The monoisotopic (exact) mass is 246 g/mol. The van der Waals surface area contributed by atoms with Crippen LogP contribution in [0.5, 0.6) is 5.75 Å². The third kappa shape index (κ3) is 2.06. The number of hydrogen-bond donors (Lipinski definition) is 1. The van der Waals surface area contributed by atoms with E-state index in [-0.39, 0.29) is 6.04 Å². The summed E-state index contributed by atoms with van der Waals surface area (Å²) in [4.78, 5) is 4.01. The van der Waals surface area contributed by atoms with Crippen molar-refractivity contribution in [2.24, 2.45) is 0 Å². The van der Waals surface area contributed by atoms with Crippen molar-refractivity contribution in [3.05, 3.63) is 53.3 Å². The zero-order chi connectivity index (χ0) is 11.7. The van der Waals surface area contributed by atoms with Gasteiger partial charge in [0.05, 0.1) is 11.7 Å². The Labute approximate surface area is 104 Å². The van der Waals surface area contributed by atoms with Gasteiger partial charge in [-0.3, -0.25) is 4.98 Å². The largest absolute Gasteiger partial charge is 0.489 e. The average molecular weight is 247 g/mol. The van der Waals surface area contributed by atoms with Crippen LogP contribution in [0.25, 0.3) is 0 Å². The highest BCUT2D eigenvalue weighted by Crippen LogP contribution is 2.35. The molecule has 3 rings (SSSR count). The molecule has 1 aromatic carbocycles. The van der Waals surface area contributed by atoms with Gasteiger partial charge in [0.25, 0.3) is 0 Å². The van der Waals surface area contributed by atoms with Crippen LogP contribution in [-0.2, 0) is 0 Å². The summed E-state index contributed by atoms with van der Waals surface area (Å²) in [6.45, 7) is 0.610. The Balaban J connectivity index is 1.90. The highest BCUT2D eigenvalue weighted by molar-refractivity contribution is 6.30. The van der Waals surface area contributed by atoms with E-state index in [4.69, 9.17) is 16.3 Å². The Bertz CT molecular complexity index is 530. The summed E-state index contributed by atoms with van der Waals surface area (Å²) in [7, 11) is 0. The number of anilines is 1. The van der Waals surface area contributed by atoms with Crippen LogP contribution in [-0.4, -0.2) is 11.6 Å². The lowest BCUT2D eigenvalue weighted by atomic mass is 10.1. The summed E-state index contributed by atoms with van der Waals surface area (Å²) in [5.41, 5.74) is 2.09. The first-order chi connectivity index (χ1) is 8.33. The number of pyridine rings is 1. The van der Waals surface area contributed by atoms with Gasteiger partial charge < -0.3 is 10.1 Å². The van der Waals surface area contributed by atoms with Gasteiger partial charge >= 0.3 is 0 Å². The molecule has 1 aliphatic heterocycles. The van der Waals surface area contributed by atoms with Crippen LogP contribution in [0.2, 0.25) is 5.02 Å². The molecule has 86 valence electrons. The minimum Gasteiger partial charge on any atom is -0.489 e. The van der Waals surface area contributed by atoms with Crippen LogP contribution in [0.4, 0.5) is 5.69 Å². The molecule has 2 aromatic rings. The first kappa shape index (κ1) is 10.4. The minimum absolute atomic E-state index is 0.143. The quantitative estimate of drug-likeness (QED) is 0.839. The van der Waals surface area contributed by atoms with E-state index in [1.54, 1.807) is 12.4 Å². The van der Waals surface area contributed by atoms with E-state index in [2.05, 4.69) is 10.3 Å². The molecule has 0 radical (unpaired) electrons. The standard InChI is InChI=1S/C13H11ClN2O/c14-10-1-2-13-11(7-10)16-12(8-17-13)9-3-5-15-6-4-9/h1-7,12,16H,8H2. The SMILES string of the molecule is Clc1ccc2c(c1)NC(c1ccncc1)CO2. The molecule has 2 heterocycles. The lowest BCUT2D eigenvalue weighted by molar-refractivity contribution is 0.286. The maximum Gasteiger partial charge on any atom is 0.142 e. The van der Waals surface area contributed by atoms with Crippen molar-refractivity contribution < 1.29 is 4.74 Å². The molecule has 1 unspecified atom stereocenters. The van der Waals surface area contributed by atoms with E-state index >= 15 is 0 Å². The van der Waals surface area contributed by atoms with Gasteiger partial charge in [0.2, 0.25) is 0 Å². The fourth-order valence-electron chi connectivity index (χ4n) is 1.92. The molecule has 3 nitrogen and oxygen atoms in total. The van der Waals surface area contributed by atoms with Gasteiger partial charge in [-0.15, -0.1) is 0 Å². The second kappa shape index (κ2) is 4.26. The zero-order valence-corrected chi connectivity index (χ0v) is 9.82. The molecular weight excluding hydrogens is 236 g/mol. The lowest BCUT2D eigenvalue weighted by Gasteiger charge is -2.27. The second-order valence-corrected chi connectivity index (χ2v) is 4.37. The molecule has 0 spiro atoms. The van der Waals surface area contributed by atoms with Crippen LogP contribution in [0.1, 0.15) is 11.6 Å². The van der Waals surface area contributed by atoms with Crippen LogP contribution < -0.4 is 10.1 Å². The van der Waals surface area contributed by atoms with Gasteiger partial charge in [-0.1, -0.05) is 11.6 Å². The maximum absolute atomic E-state index is 5.96. The van der Waals surface area contributed by atoms with Gasteiger partial charge in [0, 0.05) is 17.4 Å². The number of aromatic nitrogens is 1. The number of nitrogens with zero attached hydrogens (tertiary/aromatic N) is 1. The molecule has 1 aromatic heterocycles. The maximum atomic E-state index is 5.96. The number of fused-ring (bicyclic) bond motifs is 1. The van der Waals surface area contributed by atoms with Crippen LogP contribution >= 0.6 is 11.6 Å². The molecule has 1 atom stereocenters. The number of nitrogens with one attached hydrogen (secondary N) is 1. The van der Waals surface area contributed by atoms with Crippen LogP contribution in [0.3, 0.4) is 0 Å². The normalized spacial score (nSPS) is 17.8. The smallest absolute Gasteiger partial charge is 0.142 e. The molecule has 17 heavy (non-hydrogen) atoms. The molecule has 1 aliphatic rings. The van der Waals surface area contributed by atoms with Crippen molar-refractivity contribution in [3.8, 4) is 5.75 Å². The highest BCUT2D eigenvalue weighted by Gasteiger charge is 2.20. The number of hydrogen-bond acceptors (Lipinski definition) is 3. The molecule has 0 saturated heterocycles. The van der Waals surface area contributed by atoms with E-state index in [1.165, 1.54) is 0 Å². The van der Waals surface area contributed by atoms with Gasteiger partial charge in [-0.25, -0.2) is 0 Å². The summed E-state index contributed by atoms with van der Waals surface area (Å²) in [5.74, 6) is 0.847. The van der Waals surface area contributed by atoms with E-state index in [0.717, 1.165) is 17.0 Å². The lowest BCUT2D eigenvalue weighted by Crippen LogP contribution is -2.23. The first-order valence-corrected chi connectivity index (χ1v) is 5.79. The zero-order valence-electron chi connectivity index (χ0n) is 9.06. The van der Waals surface area contributed by atoms with E-state index in [0.29, 0.717) is 11.6 Å². The number of ether oxygens (including phenoxy) is 1. The van der Waals surface area contributed by atoms with Gasteiger partial charge in [-0.05, 0) is 35.9 Å². The van der Waals surface area contributed by atoms with Crippen molar-refractivity contribution in [1.29, 1.82) is 0 Å². The Morgan fingerprint density at radius 3 is 2.88 bits per heavy atom. The third-order valence-electron chi connectivity index (χ3n) is 2.79. The molecule has 0 amide bonds. The van der Waals surface area contributed by atoms with Crippen molar-refractivity contribution in [2.45, 2.75) is 6.04 Å². The fraction of sp³-hybridized carbons (Fsp3) is 0.154. The van der Waals surface area contributed by atoms with Gasteiger partial charge in [0.1, 0.15) is 12.4 Å². The average Bonchev–Trinajstić information content (AvgIpc) is 2.39. The highest BCUT2D eigenvalue weighted by atomic mass is 35.5. The molecular formula is C13H11ClN2O. The summed E-state index contributed by atoms with van der Waals surface area (Å²) in [6, 6.07) is 9.70. The minimum atomic E-state index is 0.143. The molecule has 0 aliphatic carbocycles. The Hall–Kier alpha value is -1.74. The van der Waals surface area contributed by atoms with E-state index in [1.807, 2.05) is 30.3 Å². The van der Waals surface area contributed by atoms with Gasteiger partial charge in [-0.2, -0.15) is 0 Å². The Morgan fingerprint density at radius 2 is 2.06 bits per heavy atom. The third-order valence-corrected chi connectivity index (χ3v) is 3.02. The van der Waals surface area contributed by atoms with E-state index in [9.17, 15) is 0 Å². The van der Waals surface area contributed by atoms with Crippen molar-refractivity contribution in [3.63, 3.8) is 0 Å². The molecule has 0 saturated carbocycles. The fourth-order valence-corrected chi connectivity index (χ4v) is 2.09. The molecule has 1 N–H and O–H groups in total. The molecule has 0 fully saturated rings. The second-order valence-electron chi connectivity index (χ2n) is 3.93. The summed E-state index contributed by atoms with van der Waals surface area (Å²) < 4.78 is 5.70. The van der Waals surface area contributed by atoms with Crippen molar-refractivity contribution in [2.75, 3.05) is 11.9 Å². The van der Waals surface area contributed by atoms with Crippen molar-refractivity contribution >= 4 is 17.3 Å². The summed E-state index contributed by atoms with van der Waals surface area (Å²) in [6.07, 6.45) is 3.56. The first-order valence-electron chi connectivity index (χ1n) is 5.42.